The molecule has 1 heterocycles. The third-order valence-electron chi connectivity index (χ3n) is 4.17. The Bertz CT molecular complexity index is 240. The highest BCUT2D eigenvalue weighted by atomic mass is 16.1. The van der Waals surface area contributed by atoms with Crippen LogP contribution < -0.4 is 10.6 Å². The van der Waals surface area contributed by atoms with Gasteiger partial charge in [-0.1, -0.05) is 19.8 Å². The van der Waals surface area contributed by atoms with Crippen LogP contribution in [-0.4, -0.2) is 25.5 Å². The lowest BCUT2D eigenvalue weighted by molar-refractivity contribution is -0.125. The Kier molecular flexibility index (Phi) is 3.85. The summed E-state index contributed by atoms with van der Waals surface area (Å²) < 4.78 is 0. The van der Waals surface area contributed by atoms with Gasteiger partial charge in [0.15, 0.2) is 0 Å². The average Bonchev–Trinajstić information content (AvgIpc) is 2.75. The molecule has 0 aromatic rings. The highest BCUT2D eigenvalue weighted by molar-refractivity contribution is 5.79. The van der Waals surface area contributed by atoms with Crippen molar-refractivity contribution in [2.45, 2.75) is 45.4 Å². The van der Waals surface area contributed by atoms with E-state index < -0.39 is 0 Å². The van der Waals surface area contributed by atoms with Crippen LogP contribution in [0.4, 0.5) is 0 Å². The van der Waals surface area contributed by atoms with Crippen molar-refractivity contribution in [3.8, 4) is 0 Å². The Morgan fingerprint density at radius 1 is 1.38 bits per heavy atom. The standard InChI is InChI=1S/C13H24N2O/c1-13(6-2-3-7-13)10-15-12(16)11-5-4-8-14-9-11/h11,14H,2-10H2,1H3,(H,15,16)/t11-/m1/s1. The number of nitrogens with one attached hydrogen (secondary N) is 2. The van der Waals surface area contributed by atoms with E-state index in [2.05, 4.69) is 17.6 Å². The summed E-state index contributed by atoms with van der Waals surface area (Å²) in [5.41, 5.74) is 0.373. The van der Waals surface area contributed by atoms with E-state index in [1.165, 1.54) is 25.7 Å². The minimum Gasteiger partial charge on any atom is -0.355 e. The molecule has 1 aliphatic heterocycles. The summed E-state index contributed by atoms with van der Waals surface area (Å²) in [6.45, 7) is 5.12. The Morgan fingerprint density at radius 2 is 2.12 bits per heavy atom. The molecule has 2 rings (SSSR count). The van der Waals surface area contributed by atoms with Gasteiger partial charge in [0.25, 0.3) is 0 Å². The number of hydrogen-bond donors (Lipinski definition) is 2. The molecule has 1 amide bonds. The Balaban J connectivity index is 1.74. The van der Waals surface area contributed by atoms with Gasteiger partial charge < -0.3 is 10.6 Å². The number of carbonyl (C=O) groups excluding carboxylic acids is 1. The minimum atomic E-state index is 0.207. The molecule has 3 nitrogen and oxygen atoms in total. The molecule has 1 atom stereocenters. The van der Waals surface area contributed by atoms with Crippen LogP contribution in [-0.2, 0) is 4.79 Å². The third kappa shape index (κ3) is 2.97. The van der Waals surface area contributed by atoms with Crippen molar-refractivity contribution >= 4 is 5.91 Å². The fourth-order valence-electron chi connectivity index (χ4n) is 2.93. The maximum absolute atomic E-state index is 11.9. The number of amides is 1. The van der Waals surface area contributed by atoms with Crippen LogP contribution in [0.2, 0.25) is 0 Å². The average molecular weight is 224 g/mol. The lowest BCUT2D eigenvalue weighted by Crippen LogP contribution is -2.43. The lowest BCUT2D eigenvalue weighted by Gasteiger charge is -2.27. The number of piperidine rings is 1. The summed E-state index contributed by atoms with van der Waals surface area (Å²) in [7, 11) is 0. The summed E-state index contributed by atoms with van der Waals surface area (Å²) in [5, 5.41) is 6.45. The molecule has 1 saturated heterocycles. The molecule has 0 aromatic heterocycles. The molecular formula is C13H24N2O. The van der Waals surface area contributed by atoms with Gasteiger partial charge in [-0.15, -0.1) is 0 Å². The van der Waals surface area contributed by atoms with Crippen LogP contribution in [0.5, 0.6) is 0 Å². The van der Waals surface area contributed by atoms with Crippen LogP contribution >= 0.6 is 0 Å². The largest absolute Gasteiger partial charge is 0.355 e. The molecule has 1 saturated carbocycles. The zero-order chi connectivity index (χ0) is 11.4. The molecular weight excluding hydrogens is 200 g/mol. The van der Waals surface area contributed by atoms with Crippen molar-refractivity contribution in [1.29, 1.82) is 0 Å². The van der Waals surface area contributed by atoms with E-state index in [1.54, 1.807) is 0 Å². The maximum Gasteiger partial charge on any atom is 0.224 e. The minimum absolute atomic E-state index is 0.207. The second kappa shape index (κ2) is 5.17. The van der Waals surface area contributed by atoms with Crippen molar-refractivity contribution in [1.82, 2.24) is 10.6 Å². The molecule has 0 radical (unpaired) electrons. The first-order chi connectivity index (χ1) is 7.70. The van der Waals surface area contributed by atoms with Gasteiger partial charge in [-0.05, 0) is 37.6 Å². The second-order valence-corrected chi connectivity index (χ2v) is 5.78. The SMILES string of the molecule is CC1(CNC(=O)[C@@H]2CCCNC2)CCCC1. The van der Waals surface area contributed by atoms with E-state index in [-0.39, 0.29) is 11.8 Å². The van der Waals surface area contributed by atoms with Crippen molar-refractivity contribution in [2.24, 2.45) is 11.3 Å². The highest BCUT2D eigenvalue weighted by Gasteiger charge is 2.30. The van der Waals surface area contributed by atoms with Crippen LogP contribution in [0.25, 0.3) is 0 Å². The normalized spacial score (nSPS) is 28.9. The third-order valence-corrected chi connectivity index (χ3v) is 4.17. The van der Waals surface area contributed by atoms with Crippen LogP contribution in [0, 0.1) is 11.3 Å². The first-order valence-corrected chi connectivity index (χ1v) is 6.68. The second-order valence-electron chi connectivity index (χ2n) is 5.78. The molecule has 0 aromatic carbocycles. The Hall–Kier alpha value is -0.570. The number of rotatable bonds is 3. The lowest BCUT2D eigenvalue weighted by atomic mass is 9.88. The quantitative estimate of drug-likeness (QED) is 0.766. The fraction of sp³-hybridized carbons (Fsp3) is 0.923. The van der Waals surface area contributed by atoms with E-state index in [1.807, 2.05) is 0 Å². The molecule has 1 aliphatic carbocycles. The van der Waals surface area contributed by atoms with E-state index in [4.69, 9.17) is 0 Å². The van der Waals surface area contributed by atoms with E-state index in [0.29, 0.717) is 5.41 Å². The number of hydrogen-bond acceptors (Lipinski definition) is 2. The molecule has 2 aliphatic rings. The predicted molar refractivity (Wildman–Crippen MR) is 65.2 cm³/mol. The summed E-state index contributed by atoms with van der Waals surface area (Å²) >= 11 is 0. The summed E-state index contributed by atoms with van der Waals surface area (Å²) in [5.74, 6) is 0.471. The maximum atomic E-state index is 11.9. The Labute approximate surface area is 98.4 Å². The van der Waals surface area contributed by atoms with Gasteiger partial charge in [0, 0.05) is 13.1 Å². The van der Waals surface area contributed by atoms with Crippen LogP contribution in [0.1, 0.15) is 45.4 Å². The number of carbonyl (C=O) groups is 1. The van der Waals surface area contributed by atoms with Gasteiger partial charge in [-0.2, -0.15) is 0 Å². The Morgan fingerprint density at radius 3 is 2.75 bits per heavy atom. The molecule has 0 spiro atoms. The van der Waals surface area contributed by atoms with Gasteiger partial charge in [-0.3, -0.25) is 4.79 Å². The van der Waals surface area contributed by atoms with Crippen molar-refractivity contribution in [2.75, 3.05) is 19.6 Å². The smallest absolute Gasteiger partial charge is 0.224 e. The zero-order valence-corrected chi connectivity index (χ0v) is 10.3. The first-order valence-electron chi connectivity index (χ1n) is 6.68. The first kappa shape index (κ1) is 11.9. The van der Waals surface area contributed by atoms with Gasteiger partial charge in [-0.25, -0.2) is 0 Å². The van der Waals surface area contributed by atoms with Gasteiger partial charge in [0.1, 0.15) is 0 Å². The summed E-state index contributed by atoms with van der Waals surface area (Å²) in [6, 6.07) is 0. The highest BCUT2D eigenvalue weighted by Crippen LogP contribution is 2.36. The summed E-state index contributed by atoms with van der Waals surface area (Å²) in [4.78, 5) is 11.9. The zero-order valence-electron chi connectivity index (χ0n) is 10.3. The van der Waals surface area contributed by atoms with E-state index in [9.17, 15) is 4.79 Å². The topological polar surface area (TPSA) is 41.1 Å². The molecule has 2 N–H and O–H groups in total. The molecule has 0 bridgehead atoms. The van der Waals surface area contributed by atoms with Crippen molar-refractivity contribution in [3.63, 3.8) is 0 Å². The fourth-order valence-corrected chi connectivity index (χ4v) is 2.93. The van der Waals surface area contributed by atoms with E-state index >= 15 is 0 Å². The van der Waals surface area contributed by atoms with Crippen molar-refractivity contribution < 1.29 is 4.79 Å². The molecule has 0 unspecified atom stereocenters. The molecule has 3 heteroatoms. The molecule has 2 fully saturated rings. The van der Waals surface area contributed by atoms with Crippen molar-refractivity contribution in [3.05, 3.63) is 0 Å². The monoisotopic (exact) mass is 224 g/mol. The van der Waals surface area contributed by atoms with Crippen LogP contribution in [0.3, 0.4) is 0 Å². The van der Waals surface area contributed by atoms with Gasteiger partial charge in [0.05, 0.1) is 5.92 Å². The van der Waals surface area contributed by atoms with Crippen LogP contribution in [0.15, 0.2) is 0 Å². The predicted octanol–water partition coefficient (Wildman–Crippen LogP) is 1.68. The molecule has 16 heavy (non-hydrogen) atoms. The molecule has 92 valence electrons. The van der Waals surface area contributed by atoms with Gasteiger partial charge in [0.2, 0.25) is 5.91 Å². The van der Waals surface area contributed by atoms with E-state index in [0.717, 1.165) is 32.5 Å². The van der Waals surface area contributed by atoms with Gasteiger partial charge >= 0.3 is 0 Å². The summed E-state index contributed by atoms with van der Waals surface area (Å²) in [6.07, 6.45) is 7.39.